The molecule has 0 saturated carbocycles. The zero-order valence-corrected chi connectivity index (χ0v) is 8.04. The number of nitro groups is 1. The fourth-order valence-corrected chi connectivity index (χ4v) is 1.10. The van der Waals surface area contributed by atoms with Crippen LogP contribution in [0.25, 0.3) is 6.08 Å². The van der Waals surface area contributed by atoms with Crippen molar-refractivity contribution in [2.45, 2.75) is 0 Å². The van der Waals surface area contributed by atoms with Crippen molar-refractivity contribution in [3.05, 3.63) is 40.0 Å². The lowest BCUT2D eigenvalue weighted by Gasteiger charge is -2.01. The van der Waals surface area contributed by atoms with Crippen LogP contribution in [0.15, 0.2) is 24.3 Å². The number of ether oxygens (including phenoxy) is 1. The fourth-order valence-electron chi connectivity index (χ4n) is 1.10. The van der Waals surface area contributed by atoms with Crippen molar-refractivity contribution in [3.63, 3.8) is 0 Å². The van der Waals surface area contributed by atoms with Gasteiger partial charge >= 0.3 is 0 Å². The first-order valence-corrected chi connectivity index (χ1v) is 4.13. The van der Waals surface area contributed by atoms with Crippen molar-refractivity contribution in [2.24, 2.45) is 0 Å². The second-order valence-corrected chi connectivity index (χ2v) is 2.68. The van der Waals surface area contributed by atoms with Gasteiger partial charge in [-0.1, -0.05) is 0 Å². The highest BCUT2D eigenvalue weighted by atomic mass is 16.6. The molecule has 5 nitrogen and oxygen atoms in total. The van der Waals surface area contributed by atoms with E-state index in [1.165, 1.54) is 37.5 Å². The van der Waals surface area contributed by atoms with Gasteiger partial charge in [0.05, 0.1) is 17.6 Å². The van der Waals surface area contributed by atoms with Gasteiger partial charge in [0.15, 0.2) is 0 Å². The minimum absolute atomic E-state index is 0.0612. The van der Waals surface area contributed by atoms with Gasteiger partial charge in [-0.25, -0.2) is 0 Å². The van der Waals surface area contributed by atoms with Gasteiger partial charge in [0, 0.05) is 6.07 Å². The average molecular weight is 207 g/mol. The van der Waals surface area contributed by atoms with E-state index in [2.05, 4.69) is 0 Å². The van der Waals surface area contributed by atoms with Gasteiger partial charge in [-0.15, -0.1) is 0 Å². The van der Waals surface area contributed by atoms with E-state index in [0.717, 1.165) is 0 Å². The maximum Gasteiger partial charge on any atom is 0.276 e. The highest BCUT2D eigenvalue weighted by Gasteiger charge is 2.11. The highest BCUT2D eigenvalue weighted by molar-refractivity contribution is 5.76. The van der Waals surface area contributed by atoms with Crippen LogP contribution in [0, 0.1) is 10.1 Å². The average Bonchev–Trinajstić information content (AvgIpc) is 2.25. The zero-order valence-electron chi connectivity index (χ0n) is 8.04. The molecule has 1 rings (SSSR count). The van der Waals surface area contributed by atoms with Crippen LogP contribution in [-0.2, 0) is 4.79 Å². The van der Waals surface area contributed by atoms with Crippen LogP contribution in [-0.4, -0.2) is 18.3 Å². The summed E-state index contributed by atoms with van der Waals surface area (Å²) in [5.41, 5.74) is 0.278. The van der Waals surface area contributed by atoms with Crippen molar-refractivity contribution < 1.29 is 14.5 Å². The Morgan fingerprint density at radius 1 is 1.47 bits per heavy atom. The molecule has 0 bridgehead atoms. The van der Waals surface area contributed by atoms with Crippen LogP contribution in [0.1, 0.15) is 5.56 Å². The van der Waals surface area contributed by atoms with Crippen molar-refractivity contribution in [1.82, 2.24) is 0 Å². The van der Waals surface area contributed by atoms with Crippen LogP contribution < -0.4 is 4.74 Å². The molecule has 5 heteroatoms. The number of carbonyl (C=O) groups excluding carboxylic acids is 1. The summed E-state index contributed by atoms with van der Waals surface area (Å²) < 4.78 is 4.92. The number of aldehydes is 1. The first-order chi connectivity index (χ1) is 7.19. The maximum atomic E-state index is 10.6. The first kappa shape index (κ1) is 10.9. The molecule has 78 valence electrons. The Hall–Kier alpha value is -2.17. The van der Waals surface area contributed by atoms with E-state index in [4.69, 9.17) is 4.74 Å². The van der Waals surface area contributed by atoms with Gasteiger partial charge in [-0.2, -0.15) is 0 Å². The summed E-state index contributed by atoms with van der Waals surface area (Å²) in [7, 11) is 1.47. The van der Waals surface area contributed by atoms with Crippen LogP contribution in [0.2, 0.25) is 0 Å². The molecule has 0 aromatic heterocycles. The lowest BCUT2D eigenvalue weighted by Crippen LogP contribution is -1.92. The summed E-state index contributed by atoms with van der Waals surface area (Å²) in [6.07, 6.45) is 3.12. The Morgan fingerprint density at radius 3 is 2.73 bits per heavy atom. The Bertz CT molecular complexity index is 412. The van der Waals surface area contributed by atoms with E-state index >= 15 is 0 Å². The van der Waals surface area contributed by atoms with Gasteiger partial charge < -0.3 is 4.74 Å². The van der Waals surface area contributed by atoms with Gasteiger partial charge in [-0.05, 0) is 24.3 Å². The van der Waals surface area contributed by atoms with Crippen molar-refractivity contribution in [3.8, 4) is 5.75 Å². The number of carbonyl (C=O) groups is 1. The van der Waals surface area contributed by atoms with Gasteiger partial charge in [0.1, 0.15) is 12.0 Å². The molecule has 1 aromatic carbocycles. The lowest BCUT2D eigenvalue weighted by atomic mass is 10.1. The van der Waals surface area contributed by atoms with Gasteiger partial charge in [-0.3, -0.25) is 14.9 Å². The number of nitro benzene ring substituents is 1. The quantitative estimate of drug-likeness (QED) is 0.327. The fraction of sp³-hybridized carbons (Fsp3) is 0.100. The van der Waals surface area contributed by atoms with Crippen molar-refractivity contribution >= 4 is 18.0 Å². The normalized spacial score (nSPS) is 10.2. The molecule has 0 atom stereocenters. The predicted octanol–water partition coefficient (Wildman–Crippen LogP) is 1.82. The molecule has 0 unspecified atom stereocenters. The molecule has 0 spiro atoms. The standard InChI is InChI=1S/C10H9NO4/c1-15-9-4-5-10(11(13)14)8(7-9)3-2-6-12/h2-7H,1H3. The molecule has 1 aromatic rings. The molecule has 0 aliphatic rings. The number of nitrogens with zero attached hydrogens (tertiary/aromatic N) is 1. The lowest BCUT2D eigenvalue weighted by molar-refractivity contribution is -0.385. The van der Waals surface area contributed by atoms with E-state index in [1.54, 1.807) is 0 Å². The van der Waals surface area contributed by atoms with E-state index in [9.17, 15) is 14.9 Å². The smallest absolute Gasteiger partial charge is 0.276 e. The summed E-state index contributed by atoms with van der Waals surface area (Å²) in [5, 5.41) is 10.6. The molecule has 0 aliphatic heterocycles. The minimum atomic E-state index is -0.510. The monoisotopic (exact) mass is 207 g/mol. The van der Waals surface area contributed by atoms with Crippen LogP contribution in [0.3, 0.4) is 0 Å². The summed E-state index contributed by atoms with van der Waals surface area (Å²) >= 11 is 0. The number of hydrogen-bond donors (Lipinski definition) is 0. The van der Waals surface area contributed by atoms with E-state index in [0.29, 0.717) is 17.6 Å². The summed E-state index contributed by atoms with van der Waals surface area (Å²) in [5.74, 6) is 0.506. The molecular formula is C10H9NO4. The van der Waals surface area contributed by atoms with Crippen molar-refractivity contribution in [1.29, 1.82) is 0 Å². The van der Waals surface area contributed by atoms with Crippen LogP contribution in [0.5, 0.6) is 5.75 Å². The Labute approximate surface area is 86.1 Å². The summed E-state index contributed by atoms with van der Waals surface area (Å²) in [6.45, 7) is 0. The molecular weight excluding hydrogens is 198 g/mol. The third kappa shape index (κ3) is 2.63. The van der Waals surface area contributed by atoms with E-state index in [-0.39, 0.29) is 5.69 Å². The third-order valence-electron chi connectivity index (χ3n) is 1.79. The molecule has 0 radical (unpaired) electrons. The second-order valence-electron chi connectivity index (χ2n) is 2.68. The predicted molar refractivity (Wildman–Crippen MR) is 54.7 cm³/mol. The van der Waals surface area contributed by atoms with Crippen LogP contribution >= 0.6 is 0 Å². The topological polar surface area (TPSA) is 69.4 Å². The molecule has 0 heterocycles. The number of allylic oxidation sites excluding steroid dienone is 1. The summed E-state index contributed by atoms with van der Waals surface area (Å²) in [4.78, 5) is 20.2. The first-order valence-electron chi connectivity index (χ1n) is 4.13. The van der Waals surface area contributed by atoms with Gasteiger partial charge in [0.25, 0.3) is 5.69 Å². The molecule has 0 amide bonds. The molecule has 0 N–H and O–H groups in total. The number of methoxy groups -OCH3 is 1. The highest BCUT2D eigenvalue weighted by Crippen LogP contribution is 2.24. The Morgan fingerprint density at radius 2 is 2.20 bits per heavy atom. The number of benzene rings is 1. The third-order valence-corrected chi connectivity index (χ3v) is 1.79. The second kappa shape index (κ2) is 4.90. The largest absolute Gasteiger partial charge is 0.497 e. The number of hydrogen-bond acceptors (Lipinski definition) is 4. The van der Waals surface area contributed by atoms with Crippen molar-refractivity contribution in [2.75, 3.05) is 7.11 Å². The summed E-state index contributed by atoms with van der Waals surface area (Å²) in [6, 6.07) is 4.33. The minimum Gasteiger partial charge on any atom is -0.497 e. The maximum absolute atomic E-state index is 10.6. The molecule has 0 fully saturated rings. The number of rotatable bonds is 4. The van der Waals surface area contributed by atoms with Crippen LogP contribution in [0.4, 0.5) is 5.69 Å². The van der Waals surface area contributed by atoms with Gasteiger partial charge in [0.2, 0.25) is 0 Å². The Balaban J connectivity index is 3.21. The van der Waals surface area contributed by atoms with E-state index in [1.807, 2.05) is 0 Å². The SMILES string of the molecule is COc1ccc([N+](=O)[O-])c(C=CC=O)c1. The molecule has 0 saturated heterocycles. The van der Waals surface area contributed by atoms with E-state index < -0.39 is 4.92 Å². The molecule has 15 heavy (non-hydrogen) atoms. The Kier molecular flexibility index (Phi) is 3.56. The zero-order chi connectivity index (χ0) is 11.3. The molecule has 0 aliphatic carbocycles.